The number of alkyl halides is 3. The summed E-state index contributed by atoms with van der Waals surface area (Å²) in [7, 11) is 0. The highest BCUT2D eigenvalue weighted by Gasteiger charge is 2.33. The molecule has 1 N–H and O–H groups in total. The number of amides is 1. The van der Waals surface area contributed by atoms with E-state index in [4.69, 9.17) is 9.47 Å². The molecule has 0 spiro atoms. The third kappa shape index (κ3) is 5.26. The van der Waals surface area contributed by atoms with E-state index in [9.17, 15) is 27.6 Å². The minimum atomic E-state index is -4.64. The number of esters is 1. The van der Waals surface area contributed by atoms with Crippen LogP contribution in [0.4, 0.5) is 18.9 Å². The largest absolute Gasteiger partial charge is 0.481 e. The maximum atomic E-state index is 13.1. The van der Waals surface area contributed by atoms with Gasteiger partial charge in [0.15, 0.2) is 6.61 Å². The lowest BCUT2D eigenvalue weighted by atomic mass is 10.1. The molecule has 0 fully saturated rings. The molecule has 1 heterocycles. The fraction of sp³-hybridized carbons (Fsp3) is 0.227. The Labute approximate surface area is 180 Å². The molecule has 3 aromatic rings. The molecular formula is C22H19F3N2O5. The fourth-order valence-electron chi connectivity index (χ4n) is 3.06. The van der Waals surface area contributed by atoms with Crippen LogP contribution in [-0.4, -0.2) is 29.7 Å². The Hall–Kier alpha value is -3.82. The molecule has 2 aromatic carbocycles. The number of carbonyl (C=O) groups is 2. The third-order valence-electron chi connectivity index (χ3n) is 4.45. The zero-order chi connectivity index (χ0) is 23.3. The maximum Gasteiger partial charge on any atom is 0.418 e. The average Bonchev–Trinajstić information content (AvgIpc) is 2.74. The number of ether oxygens (including phenoxy) is 2. The Morgan fingerprint density at radius 2 is 1.78 bits per heavy atom. The second-order valence-electron chi connectivity index (χ2n) is 6.65. The number of para-hydroxylation sites is 1. The summed E-state index contributed by atoms with van der Waals surface area (Å²) >= 11 is 0. The van der Waals surface area contributed by atoms with Crippen molar-refractivity contribution in [3.63, 3.8) is 0 Å². The van der Waals surface area contributed by atoms with Gasteiger partial charge in [-0.2, -0.15) is 13.2 Å². The SMILES string of the molecule is CCOC(=O)COc1cccc2c(=O)n(CC(=O)Nc3ccccc3C(F)(F)F)ccc12. The Morgan fingerprint density at radius 3 is 2.50 bits per heavy atom. The maximum absolute atomic E-state index is 13.1. The van der Waals surface area contributed by atoms with E-state index in [0.717, 1.165) is 16.7 Å². The van der Waals surface area contributed by atoms with Crippen LogP contribution in [0.1, 0.15) is 12.5 Å². The molecule has 3 rings (SSSR count). The molecule has 0 bridgehead atoms. The van der Waals surface area contributed by atoms with Gasteiger partial charge in [0, 0.05) is 11.6 Å². The van der Waals surface area contributed by atoms with Crippen LogP contribution in [0.5, 0.6) is 5.75 Å². The lowest BCUT2D eigenvalue weighted by Gasteiger charge is -2.14. The number of aromatic nitrogens is 1. The van der Waals surface area contributed by atoms with Crippen molar-refractivity contribution in [2.75, 3.05) is 18.5 Å². The molecule has 0 aliphatic rings. The predicted octanol–water partition coefficient (Wildman–Crippen LogP) is 3.60. The summed E-state index contributed by atoms with van der Waals surface area (Å²) in [6.07, 6.45) is -3.30. The second-order valence-corrected chi connectivity index (χ2v) is 6.65. The van der Waals surface area contributed by atoms with Crippen molar-refractivity contribution >= 4 is 28.3 Å². The van der Waals surface area contributed by atoms with Gasteiger partial charge in [-0.05, 0) is 37.3 Å². The number of halogens is 3. The highest BCUT2D eigenvalue weighted by Crippen LogP contribution is 2.34. The molecule has 0 saturated heterocycles. The molecule has 168 valence electrons. The van der Waals surface area contributed by atoms with Crippen LogP contribution in [0, 0.1) is 0 Å². The minimum Gasteiger partial charge on any atom is -0.481 e. The van der Waals surface area contributed by atoms with Crippen molar-refractivity contribution in [1.29, 1.82) is 0 Å². The zero-order valence-corrected chi connectivity index (χ0v) is 16.9. The molecule has 0 aliphatic carbocycles. The highest BCUT2D eigenvalue weighted by molar-refractivity contribution is 5.92. The van der Waals surface area contributed by atoms with E-state index in [1.54, 1.807) is 19.1 Å². The summed E-state index contributed by atoms with van der Waals surface area (Å²) in [6, 6.07) is 10.7. The normalized spacial score (nSPS) is 11.2. The number of benzene rings is 2. The van der Waals surface area contributed by atoms with Crippen LogP contribution >= 0.6 is 0 Å². The average molecular weight is 448 g/mol. The van der Waals surface area contributed by atoms with Gasteiger partial charge in [0.25, 0.3) is 5.56 Å². The summed E-state index contributed by atoms with van der Waals surface area (Å²) in [4.78, 5) is 36.6. The van der Waals surface area contributed by atoms with Gasteiger partial charge < -0.3 is 19.4 Å². The van der Waals surface area contributed by atoms with Gasteiger partial charge in [-0.15, -0.1) is 0 Å². The van der Waals surface area contributed by atoms with Gasteiger partial charge in [-0.25, -0.2) is 4.79 Å². The number of nitrogens with zero attached hydrogens (tertiary/aromatic N) is 1. The van der Waals surface area contributed by atoms with Gasteiger partial charge in [0.05, 0.1) is 23.2 Å². The van der Waals surface area contributed by atoms with Crippen molar-refractivity contribution in [2.45, 2.75) is 19.6 Å². The first-order valence-electron chi connectivity index (χ1n) is 9.57. The molecule has 1 amide bonds. The van der Waals surface area contributed by atoms with Crippen molar-refractivity contribution in [1.82, 2.24) is 4.57 Å². The molecule has 0 atom stereocenters. The summed E-state index contributed by atoms with van der Waals surface area (Å²) in [5, 5.41) is 2.84. The Balaban J connectivity index is 1.81. The third-order valence-corrected chi connectivity index (χ3v) is 4.45. The highest BCUT2D eigenvalue weighted by atomic mass is 19.4. The number of pyridine rings is 1. The van der Waals surface area contributed by atoms with E-state index in [0.29, 0.717) is 5.39 Å². The minimum absolute atomic E-state index is 0.206. The van der Waals surface area contributed by atoms with Gasteiger partial charge >= 0.3 is 12.1 Å². The van der Waals surface area contributed by atoms with E-state index >= 15 is 0 Å². The molecule has 0 unspecified atom stereocenters. The summed E-state index contributed by atoms with van der Waals surface area (Å²) in [5.74, 6) is -1.07. The lowest BCUT2D eigenvalue weighted by Crippen LogP contribution is -2.28. The number of hydrogen-bond donors (Lipinski definition) is 1. The number of nitrogens with one attached hydrogen (secondary N) is 1. The Morgan fingerprint density at radius 1 is 1.03 bits per heavy atom. The molecule has 0 aliphatic heterocycles. The topological polar surface area (TPSA) is 86.6 Å². The predicted molar refractivity (Wildman–Crippen MR) is 110 cm³/mol. The molecule has 32 heavy (non-hydrogen) atoms. The van der Waals surface area contributed by atoms with Gasteiger partial charge in [0.1, 0.15) is 12.3 Å². The van der Waals surface area contributed by atoms with Crippen molar-refractivity contribution in [2.24, 2.45) is 0 Å². The van der Waals surface area contributed by atoms with E-state index in [1.165, 1.54) is 30.5 Å². The summed E-state index contributed by atoms with van der Waals surface area (Å²) < 4.78 is 50.6. The molecule has 1 aromatic heterocycles. The number of anilines is 1. The monoisotopic (exact) mass is 448 g/mol. The van der Waals surface area contributed by atoms with Crippen molar-refractivity contribution in [3.8, 4) is 5.75 Å². The first-order valence-corrected chi connectivity index (χ1v) is 9.57. The van der Waals surface area contributed by atoms with Crippen LogP contribution in [0.15, 0.2) is 59.5 Å². The van der Waals surface area contributed by atoms with Crippen LogP contribution < -0.4 is 15.6 Å². The zero-order valence-electron chi connectivity index (χ0n) is 16.9. The molecule has 0 radical (unpaired) electrons. The van der Waals surface area contributed by atoms with Gasteiger partial charge in [-0.3, -0.25) is 9.59 Å². The standard InChI is InChI=1S/C22H19F3N2O5/c1-2-31-20(29)13-32-18-9-5-6-15-14(18)10-11-27(21(15)30)12-19(28)26-17-8-4-3-7-16(17)22(23,24)25/h3-11H,2,12-13H2,1H3,(H,26,28). The van der Waals surface area contributed by atoms with Crippen LogP contribution in [-0.2, 0) is 27.0 Å². The molecule has 7 nitrogen and oxygen atoms in total. The van der Waals surface area contributed by atoms with Gasteiger partial charge in [-0.1, -0.05) is 18.2 Å². The van der Waals surface area contributed by atoms with Crippen molar-refractivity contribution in [3.05, 3.63) is 70.6 Å². The van der Waals surface area contributed by atoms with E-state index in [-0.39, 0.29) is 24.3 Å². The lowest BCUT2D eigenvalue weighted by molar-refractivity contribution is -0.145. The number of rotatable bonds is 7. The second kappa shape index (κ2) is 9.54. The summed E-state index contributed by atoms with van der Waals surface area (Å²) in [6.45, 7) is 1.04. The first-order chi connectivity index (χ1) is 15.2. The van der Waals surface area contributed by atoms with Crippen LogP contribution in [0.25, 0.3) is 10.8 Å². The number of hydrogen-bond acceptors (Lipinski definition) is 5. The van der Waals surface area contributed by atoms with E-state index < -0.39 is 41.4 Å². The van der Waals surface area contributed by atoms with Gasteiger partial charge in [0.2, 0.25) is 5.91 Å². The summed E-state index contributed by atoms with van der Waals surface area (Å²) in [5.41, 5.74) is -1.92. The molecule has 0 saturated carbocycles. The van der Waals surface area contributed by atoms with Crippen LogP contribution in [0.2, 0.25) is 0 Å². The van der Waals surface area contributed by atoms with Crippen LogP contribution in [0.3, 0.4) is 0 Å². The molecule has 10 heteroatoms. The number of fused-ring (bicyclic) bond motifs is 1. The van der Waals surface area contributed by atoms with E-state index in [1.807, 2.05) is 0 Å². The van der Waals surface area contributed by atoms with Crippen molar-refractivity contribution < 1.29 is 32.2 Å². The first kappa shape index (κ1) is 22.9. The Bertz CT molecular complexity index is 1200. The number of carbonyl (C=O) groups excluding carboxylic acids is 2. The molecular weight excluding hydrogens is 429 g/mol. The quantitative estimate of drug-likeness (QED) is 0.558. The fourth-order valence-corrected chi connectivity index (χ4v) is 3.06. The smallest absolute Gasteiger partial charge is 0.418 e. The Kier molecular flexibility index (Phi) is 6.82. The van der Waals surface area contributed by atoms with E-state index in [2.05, 4.69) is 5.32 Å².